The molecule has 34 heavy (non-hydrogen) atoms. The zero-order chi connectivity index (χ0) is 25.4. The van der Waals surface area contributed by atoms with Gasteiger partial charge in [-0.2, -0.15) is 0 Å². The van der Waals surface area contributed by atoms with E-state index in [-0.39, 0.29) is 0 Å². The van der Waals surface area contributed by atoms with Gasteiger partial charge >= 0.3 is 17.6 Å². The Bertz CT molecular complexity index is 379. The quantitative estimate of drug-likeness (QED) is 0.122. The number of rotatable bonds is 27. The van der Waals surface area contributed by atoms with Crippen molar-refractivity contribution < 1.29 is 36.0 Å². The molecule has 0 bridgehead atoms. The Balaban J connectivity index is 3.30. The Morgan fingerprint density at radius 2 is 0.706 bits per heavy atom. The first-order valence-corrected chi connectivity index (χ1v) is 16.3. The Hall–Kier alpha value is 0.0338. The molecule has 2 N–H and O–H groups in total. The van der Waals surface area contributed by atoms with Crippen molar-refractivity contribution in [3.63, 3.8) is 0 Å². The monoisotopic (exact) mass is 528 g/mol. The van der Waals surface area contributed by atoms with Gasteiger partial charge in [-0.25, -0.2) is 0 Å². The molecule has 0 aromatic rings. The van der Waals surface area contributed by atoms with Gasteiger partial charge in [0, 0.05) is 81.2 Å². The summed E-state index contributed by atoms with van der Waals surface area (Å²) in [6, 6.07) is 1.64. The molecule has 0 aliphatic rings. The van der Waals surface area contributed by atoms with Gasteiger partial charge in [0.05, 0.1) is 0 Å². The van der Waals surface area contributed by atoms with Gasteiger partial charge < -0.3 is 46.7 Å². The van der Waals surface area contributed by atoms with E-state index in [1.54, 1.807) is 42.7 Å². The lowest BCUT2D eigenvalue weighted by atomic mass is 10.3. The molecule has 206 valence electrons. The van der Waals surface area contributed by atoms with Gasteiger partial charge in [-0.05, 0) is 64.7 Å². The van der Waals surface area contributed by atoms with Crippen LogP contribution in [0.4, 0.5) is 0 Å². The highest BCUT2D eigenvalue weighted by molar-refractivity contribution is 6.60. The average Bonchev–Trinajstić information content (AvgIpc) is 2.88. The lowest BCUT2D eigenvalue weighted by Crippen LogP contribution is -2.43. The Labute approximate surface area is 210 Å². The number of unbranched alkanes of at least 4 members (excludes halogenated alkanes) is 1. The summed E-state index contributed by atoms with van der Waals surface area (Å²) in [4.78, 5) is 0. The number of ether oxygens (including phenoxy) is 2. The molecule has 10 nitrogen and oxygen atoms in total. The fourth-order valence-corrected chi connectivity index (χ4v) is 6.88. The summed E-state index contributed by atoms with van der Waals surface area (Å²) in [5, 5.41) is 6.85. The van der Waals surface area contributed by atoms with Crippen molar-refractivity contribution in [2.24, 2.45) is 0 Å². The van der Waals surface area contributed by atoms with E-state index in [4.69, 9.17) is 36.0 Å². The van der Waals surface area contributed by atoms with Crippen LogP contribution in [0.3, 0.4) is 0 Å². The molecule has 0 unspecified atom stereocenters. The van der Waals surface area contributed by atoms with Gasteiger partial charge in [0.25, 0.3) is 0 Å². The van der Waals surface area contributed by atoms with E-state index >= 15 is 0 Å². The molecule has 0 spiro atoms. The largest absolute Gasteiger partial charge is 0.500 e. The summed E-state index contributed by atoms with van der Waals surface area (Å²) in [5.74, 6) is 0. The summed E-state index contributed by atoms with van der Waals surface area (Å²) >= 11 is 0. The van der Waals surface area contributed by atoms with Crippen LogP contribution in [-0.2, 0) is 36.0 Å². The van der Waals surface area contributed by atoms with Crippen molar-refractivity contribution in [2.45, 2.75) is 50.6 Å². The minimum absolute atomic E-state index is 0.787. The van der Waals surface area contributed by atoms with Gasteiger partial charge in [-0.1, -0.05) is 0 Å². The van der Waals surface area contributed by atoms with Crippen LogP contribution in [0.25, 0.3) is 0 Å². The molecular formula is C22H52N2O8Si2. The van der Waals surface area contributed by atoms with Crippen LogP contribution in [0.1, 0.15) is 38.5 Å². The zero-order valence-corrected chi connectivity index (χ0v) is 24.6. The van der Waals surface area contributed by atoms with E-state index in [9.17, 15) is 0 Å². The minimum atomic E-state index is -2.43. The third kappa shape index (κ3) is 16.7. The molecule has 0 fully saturated rings. The highest BCUT2D eigenvalue weighted by Crippen LogP contribution is 2.15. The molecule has 0 amide bonds. The Morgan fingerprint density at radius 1 is 0.412 bits per heavy atom. The fraction of sp³-hybridized carbons (Fsp3) is 1.00. The van der Waals surface area contributed by atoms with Gasteiger partial charge in [0.15, 0.2) is 0 Å². The lowest BCUT2D eigenvalue weighted by Gasteiger charge is -2.24. The van der Waals surface area contributed by atoms with Crippen molar-refractivity contribution in [3.05, 3.63) is 0 Å². The van der Waals surface area contributed by atoms with Crippen molar-refractivity contribution in [3.8, 4) is 0 Å². The zero-order valence-electron chi connectivity index (χ0n) is 22.6. The molecule has 0 heterocycles. The SMILES string of the molecule is CO[Si](CCCNCCCOCCCCOCCCNCCC[Si](OC)(OC)OC)(OC)OC. The summed E-state index contributed by atoms with van der Waals surface area (Å²) in [7, 11) is 5.05. The predicted molar refractivity (Wildman–Crippen MR) is 138 cm³/mol. The predicted octanol–water partition coefficient (Wildman–Crippen LogP) is 2.30. The molecule has 12 heteroatoms. The minimum Gasteiger partial charge on any atom is -0.381 e. The third-order valence-electron chi connectivity index (χ3n) is 5.65. The molecule has 0 aromatic heterocycles. The summed E-state index contributed by atoms with van der Waals surface area (Å²) in [6.07, 6.45) is 6.03. The molecule has 0 saturated carbocycles. The molecule has 0 aromatic carbocycles. The van der Waals surface area contributed by atoms with Crippen LogP contribution in [-0.4, -0.2) is 113 Å². The topological polar surface area (TPSA) is 97.9 Å². The van der Waals surface area contributed by atoms with E-state index in [0.717, 1.165) is 103 Å². The van der Waals surface area contributed by atoms with Gasteiger partial charge in [-0.15, -0.1) is 0 Å². The van der Waals surface area contributed by atoms with Crippen LogP contribution in [0.15, 0.2) is 0 Å². The van der Waals surface area contributed by atoms with Crippen molar-refractivity contribution in [2.75, 3.05) is 95.3 Å². The molecular weight excluding hydrogens is 476 g/mol. The number of hydrogen-bond acceptors (Lipinski definition) is 10. The van der Waals surface area contributed by atoms with Crippen LogP contribution in [0.5, 0.6) is 0 Å². The van der Waals surface area contributed by atoms with E-state index in [2.05, 4.69) is 10.6 Å². The second-order valence-corrected chi connectivity index (χ2v) is 14.1. The summed E-state index contributed by atoms with van der Waals surface area (Å²) in [5.41, 5.74) is 0. The lowest BCUT2D eigenvalue weighted by molar-refractivity contribution is 0.101. The first kappa shape index (κ1) is 34.0. The maximum Gasteiger partial charge on any atom is 0.500 e. The van der Waals surface area contributed by atoms with Crippen LogP contribution in [0.2, 0.25) is 12.1 Å². The third-order valence-corrected chi connectivity index (χ3v) is 11.3. The van der Waals surface area contributed by atoms with E-state index in [1.165, 1.54) is 0 Å². The second kappa shape index (κ2) is 23.4. The standard InChI is InChI=1S/C22H52N2O8Si2/c1-25-33(26-2,27-3)21-11-15-23-13-9-19-31-17-7-8-18-32-20-10-14-24-16-12-22-34(28-4,29-5)30-6/h23-24H,7-22H2,1-6H3. The molecule has 0 aliphatic heterocycles. The fourth-order valence-electron chi connectivity index (χ4n) is 3.43. The molecule has 0 aliphatic carbocycles. The maximum atomic E-state index is 5.69. The van der Waals surface area contributed by atoms with Gasteiger partial charge in [-0.3, -0.25) is 0 Å². The van der Waals surface area contributed by atoms with Crippen molar-refractivity contribution >= 4 is 17.6 Å². The second-order valence-electron chi connectivity index (χ2n) is 7.94. The normalized spacial score (nSPS) is 12.5. The van der Waals surface area contributed by atoms with E-state index in [1.807, 2.05) is 0 Å². The van der Waals surface area contributed by atoms with Crippen molar-refractivity contribution in [1.29, 1.82) is 0 Å². The highest BCUT2D eigenvalue weighted by Gasteiger charge is 2.37. The van der Waals surface area contributed by atoms with Gasteiger partial charge in [0.1, 0.15) is 0 Å². The van der Waals surface area contributed by atoms with Gasteiger partial charge in [0.2, 0.25) is 0 Å². The van der Waals surface area contributed by atoms with E-state index < -0.39 is 17.6 Å². The molecule has 0 atom stereocenters. The van der Waals surface area contributed by atoms with Crippen LogP contribution in [0, 0.1) is 0 Å². The van der Waals surface area contributed by atoms with Crippen LogP contribution < -0.4 is 10.6 Å². The molecule has 0 radical (unpaired) electrons. The summed E-state index contributed by atoms with van der Waals surface area (Å²) < 4.78 is 43.9. The first-order chi connectivity index (χ1) is 16.6. The molecule has 0 rings (SSSR count). The first-order valence-electron chi connectivity index (χ1n) is 12.5. The maximum absolute atomic E-state index is 5.69. The highest BCUT2D eigenvalue weighted by atomic mass is 28.4. The average molecular weight is 529 g/mol. The van der Waals surface area contributed by atoms with Crippen molar-refractivity contribution in [1.82, 2.24) is 10.6 Å². The Morgan fingerprint density at radius 3 is 1.03 bits per heavy atom. The van der Waals surface area contributed by atoms with Crippen LogP contribution >= 0.6 is 0 Å². The molecule has 0 saturated heterocycles. The summed E-state index contributed by atoms with van der Waals surface area (Å²) in [6.45, 7) is 6.92. The van der Waals surface area contributed by atoms with E-state index in [0.29, 0.717) is 0 Å². The number of nitrogens with one attached hydrogen (secondary N) is 2. The Kier molecular flexibility index (Phi) is 23.5. The number of hydrogen-bond donors (Lipinski definition) is 2. The smallest absolute Gasteiger partial charge is 0.381 e.